The third kappa shape index (κ3) is 4.22. The molecule has 1 heterocycles. The first-order chi connectivity index (χ1) is 11.6. The van der Waals surface area contributed by atoms with Crippen LogP contribution in [0.4, 0.5) is 0 Å². The van der Waals surface area contributed by atoms with E-state index in [1.807, 2.05) is 44.6 Å². The Hall–Kier alpha value is -2.63. The van der Waals surface area contributed by atoms with Gasteiger partial charge in [-0.3, -0.25) is 4.99 Å². The molecule has 0 amide bonds. The van der Waals surface area contributed by atoms with E-state index >= 15 is 0 Å². The minimum atomic E-state index is 0.657. The Bertz CT molecular complexity index is 694. The molecule has 6 heteroatoms. The number of nitrogens with one attached hydrogen (secondary N) is 1. The molecule has 2 aromatic rings. The SMILES string of the molecule is CN=C(NCc1ccc(OC)c(OC)c1)N(C)Cc1cccn1C. The highest BCUT2D eigenvalue weighted by Crippen LogP contribution is 2.27. The topological polar surface area (TPSA) is 51.0 Å². The molecule has 2 rings (SSSR count). The summed E-state index contributed by atoms with van der Waals surface area (Å²) in [6, 6.07) is 10.0. The van der Waals surface area contributed by atoms with Gasteiger partial charge in [-0.25, -0.2) is 0 Å². The molecular formula is C18H26N4O2. The number of nitrogens with zero attached hydrogens (tertiary/aromatic N) is 3. The summed E-state index contributed by atoms with van der Waals surface area (Å²) in [4.78, 5) is 6.45. The van der Waals surface area contributed by atoms with E-state index in [2.05, 4.69) is 25.8 Å². The van der Waals surface area contributed by atoms with Crippen molar-refractivity contribution < 1.29 is 9.47 Å². The van der Waals surface area contributed by atoms with Crippen LogP contribution in [0.2, 0.25) is 0 Å². The summed E-state index contributed by atoms with van der Waals surface area (Å²) in [5.74, 6) is 2.29. The second kappa shape index (κ2) is 8.29. The number of benzene rings is 1. The Labute approximate surface area is 143 Å². The van der Waals surface area contributed by atoms with Crippen molar-refractivity contribution >= 4 is 5.96 Å². The third-order valence-electron chi connectivity index (χ3n) is 3.92. The van der Waals surface area contributed by atoms with Crippen molar-refractivity contribution in [3.8, 4) is 11.5 Å². The van der Waals surface area contributed by atoms with Crippen molar-refractivity contribution in [1.29, 1.82) is 0 Å². The number of guanidine groups is 1. The fourth-order valence-electron chi connectivity index (χ4n) is 2.54. The molecular weight excluding hydrogens is 304 g/mol. The first-order valence-corrected chi connectivity index (χ1v) is 7.82. The summed E-state index contributed by atoms with van der Waals surface area (Å²) in [7, 11) is 9.14. The van der Waals surface area contributed by atoms with Gasteiger partial charge < -0.3 is 24.3 Å². The standard InChI is InChI=1S/C18H26N4O2/c1-19-18(22(3)13-15-7-6-10-21(15)2)20-12-14-8-9-16(23-4)17(11-14)24-5/h6-11H,12-13H2,1-5H3,(H,19,20). The summed E-state index contributed by atoms with van der Waals surface area (Å²) in [6.07, 6.45) is 2.04. The van der Waals surface area contributed by atoms with Crippen molar-refractivity contribution in [2.24, 2.45) is 12.0 Å². The summed E-state index contributed by atoms with van der Waals surface area (Å²) < 4.78 is 12.7. The van der Waals surface area contributed by atoms with Gasteiger partial charge in [0.1, 0.15) is 0 Å². The highest BCUT2D eigenvalue weighted by Gasteiger charge is 2.09. The van der Waals surface area contributed by atoms with Crippen molar-refractivity contribution in [1.82, 2.24) is 14.8 Å². The van der Waals surface area contributed by atoms with E-state index in [1.54, 1.807) is 21.3 Å². The predicted molar refractivity (Wildman–Crippen MR) is 96.6 cm³/mol. The molecule has 0 saturated carbocycles. The molecule has 0 aliphatic rings. The molecule has 1 aromatic heterocycles. The van der Waals surface area contributed by atoms with Crippen LogP contribution in [0.5, 0.6) is 11.5 Å². The number of rotatable bonds is 6. The van der Waals surface area contributed by atoms with Crippen LogP contribution in [0, 0.1) is 0 Å². The van der Waals surface area contributed by atoms with E-state index < -0.39 is 0 Å². The van der Waals surface area contributed by atoms with Crippen LogP contribution in [-0.4, -0.2) is 43.7 Å². The lowest BCUT2D eigenvalue weighted by Gasteiger charge is -2.22. The van der Waals surface area contributed by atoms with Crippen molar-refractivity contribution in [2.45, 2.75) is 13.1 Å². The highest BCUT2D eigenvalue weighted by molar-refractivity contribution is 5.79. The van der Waals surface area contributed by atoms with Crippen LogP contribution >= 0.6 is 0 Å². The Morgan fingerprint density at radius 2 is 1.96 bits per heavy atom. The molecule has 1 aromatic carbocycles. The summed E-state index contributed by atoms with van der Waals surface area (Å²) in [5.41, 5.74) is 2.33. The second-order valence-electron chi connectivity index (χ2n) is 5.56. The number of aryl methyl sites for hydroxylation is 1. The van der Waals surface area contributed by atoms with Crippen molar-refractivity contribution in [3.05, 3.63) is 47.8 Å². The summed E-state index contributed by atoms with van der Waals surface area (Å²) >= 11 is 0. The minimum absolute atomic E-state index is 0.657. The van der Waals surface area contributed by atoms with Gasteiger partial charge in [0.15, 0.2) is 17.5 Å². The van der Waals surface area contributed by atoms with Gasteiger partial charge in [0.2, 0.25) is 0 Å². The van der Waals surface area contributed by atoms with Gasteiger partial charge >= 0.3 is 0 Å². The van der Waals surface area contributed by atoms with Crippen LogP contribution in [0.3, 0.4) is 0 Å². The molecule has 24 heavy (non-hydrogen) atoms. The van der Waals surface area contributed by atoms with E-state index in [0.717, 1.165) is 29.6 Å². The highest BCUT2D eigenvalue weighted by atomic mass is 16.5. The molecule has 1 N–H and O–H groups in total. The Morgan fingerprint density at radius 3 is 2.54 bits per heavy atom. The largest absolute Gasteiger partial charge is 0.493 e. The van der Waals surface area contributed by atoms with Gasteiger partial charge in [0.25, 0.3) is 0 Å². The lowest BCUT2D eigenvalue weighted by molar-refractivity contribution is 0.354. The number of aromatic nitrogens is 1. The van der Waals surface area contributed by atoms with Crippen LogP contribution in [0.1, 0.15) is 11.3 Å². The number of hydrogen-bond acceptors (Lipinski definition) is 3. The molecule has 0 bridgehead atoms. The lowest BCUT2D eigenvalue weighted by atomic mass is 10.2. The van der Waals surface area contributed by atoms with E-state index in [1.165, 1.54) is 5.69 Å². The zero-order valence-corrected chi connectivity index (χ0v) is 15.0. The van der Waals surface area contributed by atoms with Gasteiger partial charge in [0.05, 0.1) is 20.8 Å². The smallest absolute Gasteiger partial charge is 0.194 e. The summed E-state index contributed by atoms with van der Waals surface area (Å²) in [6.45, 7) is 1.44. The molecule has 0 atom stereocenters. The fourth-order valence-corrected chi connectivity index (χ4v) is 2.54. The zero-order chi connectivity index (χ0) is 17.5. The van der Waals surface area contributed by atoms with Crippen molar-refractivity contribution in [2.75, 3.05) is 28.3 Å². The number of aliphatic imine (C=N–C) groups is 1. The fraction of sp³-hybridized carbons (Fsp3) is 0.389. The maximum Gasteiger partial charge on any atom is 0.194 e. The molecule has 6 nitrogen and oxygen atoms in total. The minimum Gasteiger partial charge on any atom is -0.493 e. The lowest BCUT2D eigenvalue weighted by Crippen LogP contribution is -2.38. The molecule has 0 radical (unpaired) electrons. The van der Waals surface area contributed by atoms with E-state index in [4.69, 9.17) is 9.47 Å². The Balaban J connectivity index is 1.99. The predicted octanol–water partition coefficient (Wildman–Crippen LogP) is 2.25. The van der Waals surface area contributed by atoms with Crippen molar-refractivity contribution in [3.63, 3.8) is 0 Å². The zero-order valence-electron chi connectivity index (χ0n) is 15.0. The quantitative estimate of drug-likeness (QED) is 0.652. The van der Waals surface area contributed by atoms with E-state index in [9.17, 15) is 0 Å². The maximum absolute atomic E-state index is 5.34. The van der Waals surface area contributed by atoms with E-state index in [0.29, 0.717) is 6.54 Å². The average Bonchev–Trinajstić information content (AvgIpc) is 3.00. The molecule has 0 spiro atoms. The van der Waals surface area contributed by atoms with Crippen LogP contribution in [-0.2, 0) is 20.1 Å². The van der Waals surface area contributed by atoms with Crippen LogP contribution in [0.15, 0.2) is 41.5 Å². The van der Waals surface area contributed by atoms with Gasteiger partial charge in [-0.05, 0) is 29.8 Å². The monoisotopic (exact) mass is 330 g/mol. The molecule has 0 aliphatic carbocycles. The molecule has 0 fully saturated rings. The maximum atomic E-state index is 5.34. The molecule has 0 unspecified atom stereocenters. The van der Waals surface area contributed by atoms with Crippen LogP contribution < -0.4 is 14.8 Å². The third-order valence-corrected chi connectivity index (χ3v) is 3.92. The number of ether oxygens (including phenoxy) is 2. The summed E-state index contributed by atoms with van der Waals surface area (Å²) in [5, 5.41) is 3.38. The van der Waals surface area contributed by atoms with E-state index in [-0.39, 0.29) is 0 Å². The Morgan fingerprint density at radius 1 is 1.21 bits per heavy atom. The first kappa shape index (κ1) is 17.7. The van der Waals surface area contributed by atoms with Crippen LogP contribution in [0.25, 0.3) is 0 Å². The van der Waals surface area contributed by atoms with Gasteiger partial charge in [-0.15, -0.1) is 0 Å². The molecule has 130 valence electrons. The van der Waals surface area contributed by atoms with Gasteiger partial charge in [0, 0.05) is 39.6 Å². The number of methoxy groups -OCH3 is 2. The molecule has 0 saturated heterocycles. The normalized spacial score (nSPS) is 11.3. The van der Waals surface area contributed by atoms with Gasteiger partial charge in [-0.2, -0.15) is 0 Å². The average molecular weight is 330 g/mol. The molecule has 0 aliphatic heterocycles. The second-order valence-corrected chi connectivity index (χ2v) is 5.56. The first-order valence-electron chi connectivity index (χ1n) is 7.82. The van der Waals surface area contributed by atoms with Gasteiger partial charge in [-0.1, -0.05) is 6.07 Å². The number of hydrogen-bond donors (Lipinski definition) is 1. The Kier molecular flexibility index (Phi) is 6.12.